The minimum atomic E-state index is 0.913. The molecule has 0 bridgehead atoms. The van der Waals surface area contributed by atoms with Gasteiger partial charge in [0.25, 0.3) is 0 Å². The molecule has 0 spiro atoms. The Labute approximate surface area is 298 Å². The second kappa shape index (κ2) is 11.0. The van der Waals surface area contributed by atoms with Gasteiger partial charge >= 0.3 is 0 Å². The first-order chi connectivity index (χ1) is 25.3. The predicted octanol–water partition coefficient (Wildman–Crippen LogP) is 14.6. The number of hydrogen-bond acceptors (Lipinski definition) is 3. The molecule has 11 aromatic rings. The molecule has 3 heteroatoms. The third-order valence-corrected chi connectivity index (χ3v) is 11.7. The van der Waals surface area contributed by atoms with Gasteiger partial charge in [0, 0.05) is 43.2 Å². The summed E-state index contributed by atoms with van der Waals surface area (Å²) >= 11 is 1.89. The van der Waals surface area contributed by atoms with Crippen LogP contribution in [0.3, 0.4) is 0 Å². The Hall–Kier alpha value is -6.42. The molecule has 0 fully saturated rings. The van der Waals surface area contributed by atoms with Gasteiger partial charge in [-0.05, 0) is 74.3 Å². The first-order valence-corrected chi connectivity index (χ1v) is 18.2. The van der Waals surface area contributed by atoms with Crippen LogP contribution >= 0.6 is 11.3 Å². The van der Waals surface area contributed by atoms with Gasteiger partial charge in [-0.25, -0.2) is 0 Å². The van der Waals surface area contributed by atoms with Gasteiger partial charge in [-0.1, -0.05) is 140 Å². The zero-order chi connectivity index (χ0) is 33.5. The van der Waals surface area contributed by atoms with Gasteiger partial charge in [0.2, 0.25) is 0 Å². The predicted molar refractivity (Wildman–Crippen MR) is 219 cm³/mol. The Bertz CT molecular complexity index is 3150. The average molecular weight is 668 g/mol. The fraction of sp³-hybridized carbons (Fsp3) is 0. The van der Waals surface area contributed by atoms with E-state index < -0.39 is 0 Å². The zero-order valence-electron chi connectivity index (χ0n) is 27.5. The Morgan fingerprint density at radius 3 is 1.86 bits per heavy atom. The molecule has 0 radical (unpaired) electrons. The van der Waals surface area contributed by atoms with Gasteiger partial charge in [0.1, 0.15) is 11.2 Å². The normalized spacial score (nSPS) is 11.9. The van der Waals surface area contributed by atoms with E-state index >= 15 is 0 Å². The Balaban J connectivity index is 1.14. The number of anilines is 3. The van der Waals surface area contributed by atoms with Crippen LogP contribution in [0.5, 0.6) is 0 Å². The first kappa shape index (κ1) is 28.4. The average Bonchev–Trinajstić information content (AvgIpc) is 3.78. The van der Waals surface area contributed by atoms with E-state index in [9.17, 15) is 0 Å². The molecule has 0 aliphatic heterocycles. The molecular formula is C48H29NOS. The smallest absolute Gasteiger partial charge is 0.143 e. The summed E-state index contributed by atoms with van der Waals surface area (Å²) in [5.41, 5.74) is 7.45. The zero-order valence-corrected chi connectivity index (χ0v) is 28.3. The quantitative estimate of drug-likeness (QED) is 0.174. The van der Waals surface area contributed by atoms with E-state index in [0.29, 0.717) is 0 Å². The van der Waals surface area contributed by atoms with E-state index in [1.165, 1.54) is 58.2 Å². The molecule has 11 rings (SSSR count). The van der Waals surface area contributed by atoms with Gasteiger partial charge in [-0.3, -0.25) is 0 Å². The molecular weight excluding hydrogens is 639 g/mol. The topological polar surface area (TPSA) is 16.4 Å². The van der Waals surface area contributed by atoms with Crippen molar-refractivity contribution < 1.29 is 4.42 Å². The maximum absolute atomic E-state index is 6.43. The summed E-state index contributed by atoms with van der Waals surface area (Å²) in [6.45, 7) is 0. The summed E-state index contributed by atoms with van der Waals surface area (Å²) in [4.78, 5) is 2.44. The molecule has 2 aromatic heterocycles. The molecule has 9 aromatic carbocycles. The van der Waals surface area contributed by atoms with Gasteiger partial charge < -0.3 is 9.32 Å². The molecule has 0 aliphatic rings. The summed E-state index contributed by atoms with van der Waals surface area (Å²) < 4.78 is 9.03. The van der Waals surface area contributed by atoms with Crippen LogP contribution in [0.2, 0.25) is 0 Å². The van der Waals surface area contributed by atoms with Crippen LogP contribution in [0.15, 0.2) is 180 Å². The highest BCUT2D eigenvalue weighted by Crippen LogP contribution is 2.47. The maximum Gasteiger partial charge on any atom is 0.143 e. The molecule has 51 heavy (non-hydrogen) atoms. The molecule has 0 aliphatic carbocycles. The summed E-state index contributed by atoms with van der Waals surface area (Å²) in [7, 11) is 0. The van der Waals surface area contributed by atoms with Crippen LogP contribution in [0.25, 0.3) is 85.6 Å². The second-order valence-corrected chi connectivity index (χ2v) is 14.3. The van der Waals surface area contributed by atoms with Crippen LogP contribution in [0.1, 0.15) is 0 Å². The number of hydrogen-bond donors (Lipinski definition) is 0. The number of benzene rings is 9. The lowest BCUT2D eigenvalue weighted by Gasteiger charge is -2.27. The van der Waals surface area contributed by atoms with Crippen molar-refractivity contribution in [3.05, 3.63) is 176 Å². The summed E-state index contributed by atoms with van der Waals surface area (Å²) in [6.07, 6.45) is 0. The summed E-state index contributed by atoms with van der Waals surface area (Å²) in [5.74, 6) is 0. The lowest BCUT2D eigenvalue weighted by Crippen LogP contribution is -2.10. The monoisotopic (exact) mass is 667 g/mol. The number of para-hydroxylation sites is 2. The number of fused-ring (bicyclic) bond motifs is 11. The number of furan rings is 1. The van der Waals surface area contributed by atoms with Crippen molar-refractivity contribution in [2.45, 2.75) is 0 Å². The van der Waals surface area contributed by atoms with Crippen LogP contribution in [0.4, 0.5) is 17.1 Å². The second-order valence-electron chi connectivity index (χ2n) is 13.3. The number of rotatable bonds is 4. The lowest BCUT2D eigenvalue weighted by molar-refractivity contribution is 0.670. The van der Waals surface area contributed by atoms with Gasteiger partial charge in [-0.2, -0.15) is 0 Å². The fourth-order valence-electron chi connectivity index (χ4n) is 8.01. The largest absolute Gasteiger partial charge is 0.455 e. The molecule has 0 saturated carbocycles. The van der Waals surface area contributed by atoms with E-state index in [2.05, 4.69) is 169 Å². The van der Waals surface area contributed by atoms with Crippen molar-refractivity contribution in [3.63, 3.8) is 0 Å². The molecule has 2 nitrogen and oxygen atoms in total. The van der Waals surface area contributed by atoms with Crippen molar-refractivity contribution in [2.75, 3.05) is 4.90 Å². The van der Waals surface area contributed by atoms with Crippen LogP contribution in [0, 0.1) is 0 Å². The third kappa shape index (κ3) is 4.35. The Morgan fingerprint density at radius 1 is 0.392 bits per heavy atom. The molecule has 0 saturated heterocycles. The number of thiophene rings is 1. The minimum absolute atomic E-state index is 0.913. The van der Waals surface area contributed by atoms with Crippen LogP contribution in [-0.4, -0.2) is 0 Å². The summed E-state index contributed by atoms with van der Waals surface area (Å²) in [6, 6.07) is 63.8. The Morgan fingerprint density at radius 2 is 1.00 bits per heavy atom. The van der Waals surface area contributed by atoms with E-state index in [-0.39, 0.29) is 0 Å². The first-order valence-electron chi connectivity index (χ1n) is 17.3. The molecule has 0 unspecified atom stereocenters. The van der Waals surface area contributed by atoms with Crippen molar-refractivity contribution in [1.29, 1.82) is 0 Å². The molecule has 238 valence electrons. The van der Waals surface area contributed by atoms with E-state index in [1.54, 1.807) is 0 Å². The van der Waals surface area contributed by atoms with E-state index in [1.807, 2.05) is 23.5 Å². The summed E-state index contributed by atoms with van der Waals surface area (Å²) in [5, 5.41) is 12.4. The maximum atomic E-state index is 6.43. The highest BCUT2D eigenvalue weighted by molar-refractivity contribution is 7.27. The SMILES string of the molecule is c1ccc2c(c1)ccc1ccc(N(c3ccc(-c4cccc5c4oc4ccccc45)cc3)c3cccc4c3sc3c5ccccc5ccc43)cc12. The highest BCUT2D eigenvalue weighted by atomic mass is 32.1. The number of nitrogens with zero attached hydrogens (tertiary/aromatic N) is 1. The van der Waals surface area contributed by atoms with Gasteiger partial charge in [-0.15, -0.1) is 11.3 Å². The van der Waals surface area contributed by atoms with Gasteiger partial charge in [0.05, 0.1) is 10.4 Å². The molecule has 0 N–H and O–H groups in total. The van der Waals surface area contributed by atoms with Crippen molar-refractivity contribution in [1.82, 2.24) is 0 Å². The Kier molecular flexibility index (Phi) is 6.16. The van der Waals surface area contributed by atoms with Crippen LogP contribution < -0.4 is 4.90 Å². The van der Waals surface area contributed by atoms with E-state index in [0.717, 1.165) is 44.4 Å². The standard InChI is InChI=1S/C48H29NOS/c1-3-11-36-30(9-1)19-20-33-23-27-35(29-43(33)36)49(44-17-8-16-41-42-28-24-31-10-2-4-12-38(31)47(42)51-48(41)44)34-25-21-32(22-26-34)37-14-7-15-40-39-13-5-6-18-45(39)50-46(37)40/h1-29H. The molecule has 0 atom stereocenters. The highest BCUT2D eigenvalue weighted by Gasteiger charge is 2.20. The van der Waals surface area contributed by atoms with Crippen molar-refractivity contribution >= 4 is 103 Å². The van der Waals surface area contributed by atoms with Crippen LogP contribution in [-0.2, 0) is 0 Å². The van der Waals surface area contributed by atoms with E-state index in [4.69, 9.17) is 4.42 Å². The van der Waals surface area contributed by atoms with Crippen molar-refractivity contribution in [2.24, 2.45) is 0 Å². The fourth-order valence-corrected chi connectivity index (χ4v) is 9.35. The minimum Gasteiger partial charge on any atom is -0.455 e. The van der Waals surface area contributed by atoms with Crippen molar-refractivity contribution in [3.8, 4) is 11.1 Å². The van der Waals surface area contributed by atoms with Gasteiger partial charge in [0.15, 0.2) is 0 Å². The molecule has 2 heterocycles. The third-order valence-electron chi connectivity index (χ3n) is 10.4. The molecule has 0 amide bonds. The lowest BCUT2D eigenvalue weighted by atomic mass is 10.00.